The zero-order valence-electron chi connectivity index (χ0n) is 15.6. The third kappa shape index (κ3) is 3.79. The number of para-hydroxylation sites is 1. The second-order valence-corrected chi connectivity index (χ2v) is 7.81. The second kappa shape index (κ2) is 8.11. The lowest BCUT2D eigenvalue weighted by atomic mass is 10.2. The lowest BCUT2D eigenvalue weighted by Gasteiger charge is -2.14. The smallest absolute Gasteiger partial charge is 0.265 e. The van der Waals surface area contributed by atoms with E-state index in [2.05, 4.69) is 10.3 Å². The zero-order chi connectivity index (χ0) is 21.4. The van der Waals surface area contributed by atoms with Gasteiger partial charge in [0.05, 0.1) is 37.9 Å². The Hall–Kier alpha value is -2.86. The van der Waals surface area contributed by atoms with Gasteiger partial charge in [-0.05, 0) is 55.5 Å². The van der Waals surface area contributed by atoms with Gasteiger partial charge < -0.3 is 5.32 Å². The van der Waals surface area contributed by atoms with Crippen LogP contribution in [0.25, 0.3) is 16.6 Å². The van der Waals surface area contributed by atoms with E-state index >= 15 is 0 Å². The maximum atomic E-state index is 13.0. The van der Waals surface area contributed by atoms with Crippen LogP contribution in [0.3, 0.4) is 0 Å². The molecule has 0 spiro atoms. The maximum absolute atomic E-state index is 13.0. The Labute approximate surface area is 186 Å². The summed E-state index contributed by atoms with van der Waals surface area (Å²) in [6, 6.07) is 16.6. The number of aromatic nitrogens is 2. The molecule has 3 aromatic carbocycles. The minimum absolute atomic E-state index is 0.210. The van der Waals surface area contributed by atoms with Crippen molar-refractivity contribution in [2.45, 2.75) is 6.92 Å². The summed E-state index contributed by atoms with van der Waals surface area (Å²) >= 11 is 18.3. The number of carbonyl (C=O) groups is 1. The number of hydrogen-bond acceptors (Lipinski definition) is 3. The van der Waals surface area contributed by atoms with Crippen molar-refractivity contribution in [2.24, 2.45) is 0 Å². The van der Waals surface area contributed by atoms with Crippen LogP contribution in [0, 0.1) is 6.92 Å². The van der Waals surface area contributed by atoms with Gasteiger partial charge in [-0.3, -0.25) is 14.2 Å². The van der Waals surface area contributed by atoms with Crippen LogP contribution in [0.5, 0.6) is 0 Å². The normalized spacial score (nSPS) is 10.9. The Morgan fingerprint density at radius 3 is 2.50 bits per heavy atom. The van der Waals surface area contributed by atoms with E-state index in [1.807, 2.05) is 6.07 Å². The molecule has 0 saturated carbocycles. The minimum atomic E-state index is -0.448. The quantitative estimate of drug-likeness (QED) is 0.415. The number of halogens is 3. The first kappa shape index (κ1) is 20.4. The summed E-state index contributed by atoms with van der Waals surface area (Å²) in [6.45, 7) is 1.74. The van der Waals surface area contributed by atoms with E-state index in [-0.39, 0.29) is 16.1 Å². The first-order valence-corrected chi connectivity index (χ1v) is 10.0. The zero-order valence-corrected chi connectivity index (χ0v) is 17.9. The largest absolute Gasteiger partial charge is 0.321 e. The standard InChI is InChI=1S/C22H14Cl3N3O2/c1-12-26-19-5-3-2-4-16(19)22(30)28(12)14-7-9-17(24)20(11-14)27-21(29)15-8-6-13(23)10-18(15)25/h2-11H,1H3,(H,27,29). The van der Waals surface area contributed by atoms with Crippen LogP contribution in [-0.4, -0.2) is 15.5 Å². The van der Waals surface area contributed by atoms with Crippen molar-refractivity contribution in [2.75, 3.05) is 5.32 Å². The second-order valence-electron chi connectivity index (χ2n) is 6.56. The van der Waals surface area contributed by atoms with Crippen LogP contribution in [0.1, 0.15) is 16.2 Å². The van der Waals surface area contributed by atoms with Crippen molar-refractivity contribution in [1.29, 1.82) is 0 Å². The van der Waals surface area contributed by atoms with Crippen LogP contribution in [0.2, 0.25) is 15.1 Å². The highest BCUT2D eigenvalue weighted by Gasteiger charge is 2.15. The summed E-state index contributed by atoms with van der Waals surface area (Å²) in [5, 5.41) is 4.20. The van der Waals surface area contributed by atoms with E-state index in [0.717, 1.165) is 0 Å². The molecule has 0 bridgehead atoms. The molecule has 0 aliphatic heterocycles. The number of carbonyl (C=O) groups excluding carboxylic acids is 1. The van der Waals surface area contributed by atoms with Crippen LogP contribution in [-0.2, 0) is 0 Å². The number of aryl methyl sites for hydroxylation is 1. The van der Waals surface area contributed by atoms with Gasteiger partial charge in [-0.2, -0.15) is 0 Å². The van der Waals surface area contributed by atoms with Gasteiger partial charge in [0.1, 0.15) is 5.82 Å². The topological polar surface area (TPSA) is 64.0 Å². The van der Waals surface area contributed by atoms with Gasteiger partial charge in [-0.1, -0.05) is 46.9 Å². The Balaban J connectivity index is 1.77. The number of nitrogens with zero attached hydrogens (tertiary/aromatic N) is 2. The molecule has 0 aliphatic rings. The SMILES string of the molecule is Cc1nc2ccccc2c(=O)n1-c1ccc(Cl)c(NC(=O)c2ccc(Cl)cc2Cl)c1. The molecule has 1 aromatic heterocycles. The van der Waals surface area contributed by atoms with Gasteiger partial charge in [0.2, 0.25) is 0 Å². The van der Waals surface area contributed by atoms with Crippen molar-refractivity contribution in [3.63, 3.8) is 0 Å². The van der Waals surface area contributed by atoms with E-state index in [9.17, 15) is 9.59 Å². The number of fused-ring (bicyclic) bond motifs is 1. The Bertz CT molecular complexity index is 1370. The third-order valence-corrected chi connectivity index (χ3v) is 5.45. The van der Waals surface area contributed by atoms with E-state index in [1.54, 1.807) is 49.4 Å². The molecule has 8 heteroatoms. The van der Waals surface area contributed by atoms with E-state index in [1.165, 1.54) is 16.7 Å². The molecular weight excluding hydrogens is 445 g/mol. The molecule has 0 unspecified atom stereocenters. The van der Waals surface area contributed by atoms with Crippen LogP contribution in [0.15, 0.2) is 65.5 Å². The molecule has 5 nitrogen and oxygen atoms in total. The molecule has 150 valence electrons. The Morgan fingerprint density at radius 2 is 1.73 bits per heavy atom. The van der Waals surface area contributed by atoms with Gasteiger partial charge in [0.25, 0.3) is 11.5 Å². The predicted octanol–water partition coefficient (Wildman–Crippen LogP) is 5.91. The molecule has 1 amide bonds. The van der Waals surface area contributed by atoms with E-state index in [4.69, 9.17) is 34.8 Å². The van der Waals surface area contributed by atoms with Gasteiger partial charge in [0, 0.05) is 5.02 Å². The summed E-state index contributed by atoms with van der Waals surface area (Å²) < 4.78 is 1.48. The number of benzene rings is 3. The van der Waals surface area contributed by atoms with Gasteiger partial charge in [-0.25, -0.2) is 4.98 Å². The fourth-order valence-electron chi connectivity index (χ4n) is 3.16. The average molecular weight is 459 g/mol. The molecule has 0 saturated heterocycles. The highest BCUT2D eigenvalue weighted by molar-refractivity contribution is 6.37. The summed E-state index contributed by atoms with van der Waals surface area (Å²) in [5.74, 6) is 0.0652. The molecule has 0 atom stereocenters. The van der Waals surface area contributed by atoms with Crippen LogP contribution in [0.4, 0.5) is 5.69 Å². The summed E-state index contributed by atoms with van der Waals surface area (Å²) in [6.07, 6.45) is 0. The predicted molar refractivity (Wildman–Crippen MR) is 122 cm³/mol. The first-order chi connectivity index (χ1) is 14.3. The van der Waals surface area contributed by atoms with Gasteiger partial charge >= 0.3 is 0 Å². The summed E-state index contributed by atoms with van der Waals surface area (Å²) in [7, 11) is 0. The number of nitrogens with one attached hydrogen (secondary N) is 1. The van der Waals surface area contributed by atoms with Crippen molar-refractivity contribution in [3.05, 3.63) is 97.5 Å². The molecule has 0 fully saturated rings. The summed E-state index contributed by atoms with van der Waals surface area (Å²) in [5.41, 5.74) is 1.53. The molecule has 1 N–H and O–H groups in total. The van der Waals surface area contributed by atoms with E-state index < -0.39 is 5.91 Å². The lowest BCUT2D eigenvalue weighted by molar-refractivity contribution is 0.102. The number of anilines is 1. The van der Waals surface area contributed by atoms with Crippen LogP contribution < -0.4 is 10.9 Å². The maximum Gasteiger partial charge on any atom is 0.265 e. The Kier molecular flexibility index (Phi) is 5.52. The molecule has 4 aromatic rings. The lowest BCUT2D eigenvalue weighted by Crippen LogP contribution is -2.22. The number of hydrogen-bond donors (Lipinski definition) is 1. The molecule has 0 radical (unpaired) electrons. The highest BCUT2D eigenvalue weighted by atomic mass is 35.5. The van der Waals surface area contributed by atoms with Crippen molar-refractivity contribution in [3.8, 4) is 5.69 Å². The third-order valence-electron chi connectivity index (χ3n) is 4.58. The van der Waals surface area contributed by atoms with Gasteiger partial charge in [0.15, 0.2) is 0 Å². The first-order valence-electron chi connectivity index (χ1n) is 8.90. The fraction of sp³-hybridized carbons (Fsp3) is 0.0455. The fourth-order valence-corrected chi connectivity index (χ4v) is 3.82. The molecule has 0 aliphatic carbocycles. The van der Waals surface area contributed by atoms with Crippen molar-refractivity contribution >= 4 is 57.3 Å². The van der Waals surface area contributed by atoms with Crippen molar-refractivity contribution < 1.29 is 4.79 Å². The van der Waals surface area contributed by atoms with Crippen LogP contribution >= 0.6 is 34.8 Å². The number of rotatable bonds is 3. The Morgan fingerprint density at radius 1 is 0.967 bits per heavy atom. The molecule has 30 heavy (non-hydrogen) atoms. The van der Waals surface area contributed by atoms with Crippen molar-refractivity contribution in [1.82, 2.24) is 9.55 Å². The minimum Gasteiger partial charge on any atom is -0.321 e. The molecule has 1 heterocycles. The number of amides is 1. The van der Waals surface area contributed by atoms with Gasteiger partial charge in [-0.15, -0.1) is 0 Å². The molecule has 4 rings (SSSR count). The highest BCUT2D eigenvalue weighted by Crippen LogP contribution is 2.27. The summed E-state index contributed by atoms with van der Waals surface area (Å²) in [4.78, 5) is 30.2. The monoisotopic (exact) mass is 457 g/mol. The molecular formula is C22H14Cl3N3O2. The average Bonchev–Trinajstić information content (AvgIpc) is 2.70. The van der Waals surface area contributed by atoms with E-state index in [0.29, 0.717) is 38.1 Å².